The maximum Gasteiger partial charge on any atom is 0.243 e. The molecule has 18 heavy (non-hydrogen) atoms. The average Bonchev–Trinajstić information content (AvgIpc) is 3.02. The lowest BCUT2D eigenvalue weighted by molar-refractivity contribution is -0.139. The van der Waals surface area contributed by atoms with E-state index in [2.05, 4.69) is 11.2 Å². The molecule has 2 amide bonds. The standard InChI is InChI=1S/C13H19N3O2/c1-2-4-10(14)13(18)16-8-3-5-11(16)12(17)15-9-6-7-9/h1,9-11H,3-8,14H2,(H,15,17). The Morgan fingerprint density at radius 3 is 2.78 bits per heavy atom. The minimum atomic E-state index is -0.690. The van der Waals surface area contributed by atoms with E-state index in [1.165, 1.54) is 0 Å². The highest BCUT2D eigenvalue weighted by Gasteiger charge is 2.37. The molecular weight excluding hydrogens is 230 g/mol. The molecule has 2 unspecified atom stereocenters. The Balaban J connectivity index is 1.95. The van der Waals surface area contributed by atoms with Gasteiger partial charge in [0.2, 0.25) is 11.8 Å². The molecule has 2 aliphatic rings. The zero-order valence-corrected chi connectivity index (χ0v) is 10.4. The zero-order valence-electron chi connectivity index (χ0n) is 10.4. The van der Waals surface area contributed by atoms with Crippen LogP contribution in [0.15, 0.2) is 0 Å². The van der Waals surface area contributed by atoms with E-state index >= 15 is 0 Å². The van der Waals surface area contributed by atoms with Gasteiger partial charge in [-0.1, -0.05) is 0 Å². The van der Waals surface area contributed by atoms with Gasteiger partial charge in [-0.3, -0.25) is 9.59 Å². The molecule has 98 valence electrons. The van der Waals surface area contributed by atoms with Crippen molar-refractivity contribution in [3.8, 4) is 12.3 Å². The molecule has 0 aromatic heterocycles. The molecule has 3 N–H and O–H groups in total. The fourth-order valence-electron chi connectivity index (χ4n) is 2.26. The van der Waals surface area contributed by atoms with Gasteiger partial charge in [0.05, 0.1) is 6.04 Å². The molecule has 0 radical (unpaired) electrons. The second-order valence-electron chi connectivity index (χ2n) is 4.99. The van der Waals surface area contributed by atoms with Crippen LogP contribution in [0.4, 0.5) is 0 Å². The van der Waals surface area contributed by atoms with Crippen molar-refractivity contribution < 1.29 is 9.59 Å². The third-order valence-electron chi connectivity index (χ3n) is 3.42. The number of amides is 2. The van der Waals surface area contributed by atoms with Crippen molar-refractivity contribution >= 4 is 11.8 Å². The van der Waals surface area contributed by atoms with Gasteiger partial charge in [0, 0.05) is 19.0 Å². The summed E-state index contributed by atoms with van der Waals surface area (Å²) in [6.45, 7) is 0.597. The van der Waals surface area contributed by atoms with Gasteiger partial charge in [-0.15, -0.1) is 12.3 Å². The number of likely N-dealkylation sites (tertiary alicyclic amines) is 1. The molecule has 1 aliphatic heterocycles. The SMILES string of the molecule is C#CCC(N)C(=O)N1CCCC1C(=O)NC1CC1. The fourth-order valence-corrected chi connectivity index (χ4v) is 2.26. The molecule has 0 aromatic rings. The van der Waals surface area contributed by atoms with Gasteiger partial charge in [-0.05, 0) is 25.7 Å². The molecule has 1 heterocycles. The summed E-state index contributed by atoms with van der Waals surface area (Å²) in [5.41, 5.74) is 5.72. The molecule has 5 heteroatoms. The van der Waals surface area contributed by atoms with Gasteiger partial charge in [-0.25, -0.2) is 0 Å². The van der Waals surface area contributed by atoms with Crippen molar-refractivity contribution in [2.75, 3.05) is 6.54 Å². The fraction of sp³-hybridized carbons (Fsp3) is 0.692. The number of hydrogen-bond donors (Lipinski definition) is 2. The number of nitrogens with one attached hydrogen (secondary N) is 1. The van der Waals surface area contributed by atoms with Crippen molar-refractivity contribution in [3.63, 3.8) is 0 Å². The van der Waals surface area contributed by atoms with Crippen LogP contribution in [0, 0.1) is 12.3 Å². The third kappa shape index (κ3) is 2.82. The first kappa shape index (κ1) is 12.9. The second-order valence-corrected chi connectivity index (χ2v) is 4.99. The highest BCUT2D eigenvalue weighted by atomic mass is 16.2. The number of hydrogen-bond acceptors (Lipinski definition) is 3. The maximum absolute atomic E-state index is 12.1. The summed E-state index contributed by atoms with van der Waals surface area (Å²) in [4.78, 5) is 25.7. The monoisotopic (exact) mass is 249 g/mol. The van der Waals surface area contributed by atoms with E-state index in [0.717, 1.165) is 19.3 Å². The number of nitrogens with zero attached hydrogens (tertiary/aromatic N) is 1. The number of carbonyl (C=O) groups excluding carboxylic acids is 2. The molecule has 1 saturated carbocycles. The van der Waals surface area contributed by atoms with Crippen LogP contribution in [0.25, 0.3) is 0 Å². The number of terminal acetylenes is 1. The molecule has 2 fully saturated rings. The molecule has 2 rings (SSSR count). The average molecular weight is 249 g/mol. The zero-order chi connectivity index (χ0) is 13.1. The second kappa shape index (κ2) is 5.40. The van der Waals surface area contributed by atoms with Crippen LogP contribution in [0.2, 0.25) is 0 Å². The van der Waals surface area contributed by atoms with Gasteiger partial charge in [0.15, 0.2) is 0 Å². The molecule has 2 atom stereocenters. The van der Waals surface area contributed by atoms with E-state index in [1.807, 2.05) is 0 Å². The third-order valence-corrected chi connectivity index (χ3v) is 3.42. The van der Waals surface area contributed by atoms with Crippen molar-refractivity contribution in [2.24, 2.45) is 5.73 Å². The summed E-state index contributed by atoms with van der Waals surface area (Å²) in [5.74, 6) is 2.13. The minimum absolute atomic E-state index is 0.0451. The van der Waals surface area contributed by atoms with E-state index in [0.29, 0.717) is 19.0 Å². The highest BCUT2D eigenvalue weighted by Crippen LogP contribution is 2.22. The lowest BCUT2D eigenvalue weighted by Gasteiger charge is -2.26. The minimum Gasteiger partial charge on any atom is -0.352 e. The lowest BCUT2D eigenvalue weighted by Crippen LogP contribution is -2.51. The predicted molar refractivity (Wildman–Crippen MR) is 67.3 cm³/mol. The van der Waals surface area contributed by atoms with Crippen LogP contribution in [0.1, 0.15) is 32.1 Å². The Morgan fingerprint density at radius 2 is 2.17 bits per heavy atom. The predicted octanol–water partition coefficient (Wildman–Crippen LogP) is -0.393. The Labute approximate surface area is 107 Å². The first-order valence-electron chi connectivity index (χ1n) is 6.43. The van der Waals surface area contributed by atoms with E-state index < -0.39 is 6.04 Å². The van der Waals surface area contributed by atoms with Crippen LogP contribution in [-0.2, 0) is 9.59 Å². The van der Waals surface area contributed by atoms with Crippen molar-refractivity contribution in [1.82, 2.24) is 10.2 Å². The van der Waals surface area contributed by atoms with Crippen LogP contribution >= 0.6 is 0 Å². The number of nitrogens with two attached hydrogens (primary N) is 1. The largest absolute Gasteiger partial charge is 0.352 e. The molecule has 1 aliphatic carbocycles. The van der Waals surface area contributed by atoms with Gasteiger partial charge in [-0.2, -0.15) is 0 Å². The molecule has 0 spiro atoms. The number of rotatable bonds is 4. The van der Waals surface area contributed by atoms with Crippen LogP contribution in [0.3, 0.4) is 0 Å². The van der Waals surface area contributed by atoms with E-state index in [4.69, 9.17) is 12.2 Å². The normalized spacial score (nSPS) is 24.4. The van der Waals surface area contributed by atoms with Crippen LogP contribution in [0.5, 0.6) is 0 Å². The molecule has 0 bridgehead atoms. The van der Waals surface area contributed by atoms with Gasteiger partial charge in [0.1, 0.15) is 6.04 Å². The summed E-state index contributed by atoms with van der Waals surface area (Å²) >= 11 is 0. The van der Waals surface area contributed by atoms with Gasteiger partial charge >= 0.3 is 0 Å². The van der Waals surface area contributed by atoms with Gasteiger partial charge < -0.3 is 16.0 Å². The molecule has 5 nitrogen and oxygen atoms in total. The van der Waals surface area contributed by atoms with Crippen LogP contribution in [-0.4, -0.2) is 41.4 Å². The molecule has 0 aromatic carbocycles. The molecule has 1 saturated heterocycles. The van der Waals surface area contributed by atoms with Gasteiger partial charge in [0.25, 0.3) is 0 Å². The van der Waals surface area contributed by atoms with E-state index in [-0.39, 0.29) is 24.3 Å². The summed E-state index contributed by atoms with van der Waals surface area (Å²) in [7, 11) is 0. The highest BCUT2D eigenvalue weighted by molar-refractivity contribution is 5.90. The Morgan fingerprint density at radius 1 is 1.44 bits per heavy atom. The van der Waals surface area contributed by atoms with Crippen molar-refractivity contribution in [2.45, 2.75) is 50.2 Å². The van der Waals surface area contributed by atoms with Crippen LogP contribution < -0.4 is 11.1 Å². The van der Waals surface area contributed by atoms with E-state index in [1.54, 1.807) is 4.90 Å². The first-order chi connectivity index (χ1) is 8.63. The Hall–Kier alpha value is -1.54. The lowest BCUT2D eigenvalue weighted by atomic mass is 10.1. The summed E-state index contributed by atoms with van der Waals surface area (Å²) in [6.07, 6.45) is 9.02. The van der Waals surface area contributed by atoms with Crippen molar-refractivity contribution in [1.29, 1.82) is 0 Å². The van der Waals surface area contributed by atoms with E-state index in [9.17, 15) is 9.59 Å². The quantitative estimate of drug-likeness (QED) is 0.666. The topological polar surface area (TPSA) is 75.4 Å². The molecular formula is C13H19N3O2. The smallest absolute Gasteiger partial charge is 0.243 e. The van der Waals surface area contributed by atoms with Crippen molar-refractivity contribution in [3.05, 3.63) is 0 Å². The number of carbonyl (C=O) groups is 2. The summed E-state index contributed by atoms with van der Waals surface area (Å²) < 4.78 is 0. The summed E-state index contributed by atoms with van der Waals surface area (Å²) in [5, 5.41) is 2.94. The summed E-state index contributed by atoms with van der Waals surface area (Å²) in [6, 6.07) is -0.735. The maximum atomic E-state index is 12.1. The Kier molecular flexibility index (Phi) is 3.87. The first-order valence-corrected chi connectivity index (χ1v) is 6.43. The Bertz CT molecular complexity index is 384.